The summed E-state index contributed by atoms with van der Waals surface area (Å²) in [5, 5.41) is 3.65. The van der Waals surface area contributed by atoms with Crippen molar-refractivity contribution in [2.45, 2.75) is 12.5 Å². The number of hydrogen-bond acceptors (Lipinski definition) is 5. The molecule has 1 unspecified atom stereocenters. The normalized spacial score (nSPS) is 14.8. The van der Waals surface area contributed by atoms with E-state index < -0.39 is 6.04 Å². The minimum absolute atomic E-state index is 0.0453. The van der Waals surface area contributed by atoms with Gasteiger partial charge in [0.25, 0.3) is 5.91 Å². The summed E-state index contributed by atoms with van der Waals surface area (Å²) in [6, 6.07) is 14.2. The van der Waals surface area contributed by atoms with Gasteiger partial charge in [-0.3, -0.25) is 9.59 Å². The van der Waals surface area contributed by atoms with Crippen LogP contribution in [0.5, 0.6) is 5.75 Å². The van der Waals surface area contributed by atoms with Crippen LogP contribution in [-0.4, -0.2) is 68.1 Å². The Hall–Kier alpha value is -2.38. The number of carbonyl (C=O) groups excluding carboxylic acids is 2. The molecule has 1 atom stereocenters. The van der Waals surface area contributed by atoms with Crippen molar-refractivity contribution in [3.05, 3.63) is 59.1 Å². The molecule has 8 heteroatoms. The molecule has 3 rings (SSSR count). The number of carbonyl (C=O) groups is 2. The number of piperazine rings is 1. The lowest BCUT2D eigenvalue weighted by Crippen LogP contribution is -2.55. The fourth-order valence-corrected chi connectivity index (χ4v) is 4.38. The molecule has 2 aromatic rings. The molecule has 1 heterocycles. The van der Waals surface area contributed by atoms with Crippen LogP contribution in [0, 0.1) is 0 Å². The van der Waals surface area contributed by atoms with Crippen LogP contribution in [0.1, 0.15) is 16.8 Å². The number of thioether (sulfide) groups is 1. The molecule has 2 amide bonds. The number of benzene rings is 2. The number of methoxy groups -OCH3 is 1. The predicted octanol–water partition coefficient (Wildman–Crippen LogP) is 3.55. The monoisotopic (exact) mass is 461 g/mol. The van der Waals surface area contributed by atoms with Crippen molar-refractivity contribution in [1.29, 1.82) is 0 Å². The van der Waals surface area contributed by atoms with Gasteiger partial charge in [0.2, 0.25) is 5.91 Å². The van der Waals surface area contributed by atoms with Crippen molar-refractivity contribution in [1.82, 2.24) is 10.2 Å². The fourth-order valence-electron chi connectivity index (χ4n) is 3.66. The maximum Gasteiger partial charge on any atom is 0.255 e. The van der Waals surface area contributed by atoms with Crippen LogP contribution in [0.3, 0.4) is 0 Å². The lowest BCUT2D eigenvalue weighted by Gasteiger charge is -2.38. The summed E-state index contributed by atoms with van der Waals surface area (Å²) in [5.41, 5.74) is 1.41. The van der Waals surface area contributed by atoms with Gasteiger partial charge >= 0.3 is 0 Å². The summed E-state index contributed by atoms with van der Waals surface area (Å²) >= 11 is 7.98. The van der Waals surface area contributed by atoms with E-state index in [0.29, 0.717) is 48.9 Å². The highest BCUT2D eigenvalue weighted by molar-refractivity contribution is 7.98. The van der Waals surface area contributed by atoms with Crippen LogP contribution in [-0.2, 0) is 4.79 Å². The van der Waals surface area contributed by atoms with Crippen LogP contribution < -0.4 is 15.0 Å². The topological polar surface area (TPSA) is 61.9 Å². The average Bonchev–Trinajstić information content (AvgIpc) is 2.81. The Morgan fingerprint density at radius 1 is 1.10 bits per heavy atom. The standard InChI is InChI=1S/C23H28ClN3O3S/c1-30-21-10-6-3-7-17(21)22(28)25-19(11-16-31-2)23(29)27-14-12-26(13-15-27)20-9-5-4-8-18(20)24/h3-10,19H,11-16H2,1-2H3,(H,25,28). The van der Waals surface area contributed by atoms with Crippen LogP contribution in [0.15, 0.2) is 48.5 Å². The maximum absolute atomic E-state index is 13.3. The first kappa shape index (κ1) is 23.3. The molecule has 166 valence electrons. The molecular formula is C23H28ClN3O3S. The highest BCUT2D eigenvalue weighted by Gasteiger charge is 2.29. The van der Waals surface area contributed by atoms with E-state index in [2.05, 4.69) is 10.2 Å². The third-order valence-electron chi connectivity index (χ3n) is 5.35. The Morgan fingerprint density at radius 3 is 2.45 bits per heavy atom. The van der Waals surface area contributed by atoms with E-state index in [1.807, 2.05) is 41.5 Å². The number of anilines is 1. The summed E-state index contributed by atoms with van der Waals surface area (Å²) in [4.78, 5) is 30.2. The minimum Gasteiger partial charge on any atom is -0.496 e. The zero-order chi connectivity index (χ0) is 22.2. The first-order chi connectivity index (χ1) is 15.0. The van der Waals surface area contributed by atoms with Crippen molar-refractivity contribution in [3.63, 3.8) is 0 Å². The highest BCUT2D eigenvalue weighted by atomic mass is 35.5. The number of amides is 2. The third kappa shape index (κ3) is 5.86. The third-order valence-corrected chi connectivity index (χ3v) is 6.31. The van der Waals surface area contributed by atoms with Gasteiger partial charge in [-0.15, -0.1) is 0 Å². The van der Waals surface area contributed by atoms with E-state index in [4.69, 9.17) is 16.3 Å². The molecule has 6 nitrogen and oxygen atoms in total. The maximum atomic E-state index is 13.3. The Bertz CT molecular complexity index is 903. The average molecular weight is 462 g/mol. The quantitative estimate of drug-likeness (QED) is 0.651. The summed E-state index contributed by atoms with van der Waals surface area (Å²) in [7, 11) is 1.53. The molecule has 1 aliphatic heterocycles. The van der Waals surface area contributed by atoms with Gasteiger partial charge in [-0.2, -0.15) is 11.8 Å². The van der Waals surface area contributed by atoms with Crippen molar-refractivity contribution < 1.29 is 14.3 Å². The van der Waals surface area contributed by atoms with Gasteiger partial charge < -0.3 is 19.9 Å². The number of rotatable bonds is 8. The molecule has 1 aliphatic rings. The van der Waals surface area contributed by atoms with Crippen molar-refractivity contribution >= 4 is 40.9 Å². The number of nitrogens with zero attached hydrogens (tertiary/aromatic N) is 2. The van der Waals surface area contributed by atoms with Gasteiger partial charge in [-0.25, -0.2) is 0 Å². The molecular weight excluding hydrogens is 434 g/mol. The van der Waals surface area contributed by atoms with E-state index in [1.54, 1.807) is 30.0 Å². The summed E-state index contributed by atoms with van der Waals surface area (Å²) in [5.74, 6) is 0.925. The molecule has 1 fully saturated rings. The molecule has 1 N–H and O–H groups in total. The minimum atomic E-state index is -0.572. The van der Waals surface area contributed by atoms with Gasteiger partial charge in [0.15, 0.2) is 0 Å². The molecule has 0 aromatic heterocycles. The Kier molecular flexibility index (Phi) is 8.49. The van der Waals surface area contributed by atoms with Gasteiger partial charge in [0.05, 0.1) is 23.4 Å². The molecule has 2 aromatic carbocycles. The lowest BCUT2D eigenvalue weighted by molar-refractivity contribution is -0.133. The summed E-state index contributed by atoms with van der Waals surface area (Å²) in [6.45, 7) is 2.57. The van der Waals surface area contributed by atoms with Crippen LogP contribution in [0.25, 0.3) is 0 Å². The number of para-hydroxylation sites is 2. The second kappa shape index (κ2) is 11.3. The number of nitrogens with one attached hydrogen (secondary N) is 1. The number of halogens is 1. The van der Waals surface area contributed by atoms with Crippen LogP contribution >= 0.6 is 23.4 Å². The van der Waals surface area contributed by atoms with Crippen molar-refractivity contribution in [2.24, 2.45) is 0 Å². The molecule has 1 saturated heterocycles. The van der Waals surface area contributed by atoms with Gasteiger partial charge in [-0.1, -0.05) is 35.9 Å². The van der Waals surface area contributed by atoms with Gasteiger partial charge in [0, 0.05) is 26.2 Å². The molecule has 31 heavy (non-hydrogen) atoms. The smallest absolute Gasteiger partial charge is 0.255 e. The first-order valence-corrected chi connectivity index (χ1v) is 12.0. The largest absolute Gasteiger partial charge is 0.496 e. The van der Waals surface area contributed by atoms with Crippen LogP contribution in [0.4, 0.5) is 5.69 Å². The Labute approximate surface area is 192 Å². The van der Waals surface area contributed by atoms with E-state index in [1.165, 1.54) is 7.11 Å². The van der Waals surface area contributed by atoms with E-state index >= 15 is 0 Å². The second-order valence-electron chi connectivity index (χ2n) is 7.27. The Morgan fingerprint density at radius 2 is 1.77 bits per heavy atom. The van der Waals surface area contributed by atoms with E-state index in [-0.39, 0.29) is 11.8 Å². The fraction of sp³-hybridized carbons (Fsp3) is 0.391. The number of hydrogen-bond donors (Lipinski definition) is 1. The summed E-state index contributed by atoms with van der Waals surface area (Å²) in [6.07, 6.45) is 2.57. The number of ether oxygens (including phenoxy) is 1. The molecule has 0 spiro atoms. The molecule has 0 radical (unpaired) electrons. The zero-order valence-corrected chi connectivity index (χ0v) is 19.4. The zero-order valence-electron chi connectivity index (χ0n) is 17.8. The van der Waals surface area contributed by atoms with E-state index in [0.717, 1.165) is 11.4 Å². The van der Waals surface area contributed by atoms with Gasteiger partial charge in [-0.05, 0) is 42.7 Å². The predicted molar refractivity (Wildman–Crippen MR) is 127 cm³/mol. The van der Waals surface area contributed by atoms with Crippen molar-refractivity contribution in [3.8, 4) is 5.75 Å². The SMILES string of the molecule is COc1ccccc1C(=O)NC(CCSC)C(=O)N1CCN(c2ccccc2Cl)CC1. The Balaban J connectivity index is 1.66. The molecule has 0 saturated carbocycles. The van der Waals surface area contributed by atoms with E-state index in [9.17, 15) is 9.59 Å². The lowest BCUT2D eigenvalue weighted by atomic mass is 10.1. The highest BCUT2D eigenvalue weighted by Crippen LogP contribution is 2.26. The molecule has 0 aliphatic carbocycles. The summed E-state index contributed by atoms with van der Waals surface area (Å²) < 4.78 is 5.29. The van der Waals surface area contributed by atoms with Gasteiger partial charge in [0.1, 0.15) is 11.8 Å². The van der Waals surface area contributed by atoms with Crippen molar-refractivity contribution in [2.75, 3.05) is 50.2 Å². The molecule has 0 bridgehead atoms. The van der Waals surface area contributed by atoms with Crippen LogP contribution in [0.2, 0.25) is 5.02 Å². The first-order valence-electron chi connectivity index (χ1n) is 10.3. The second-order valence-corrected chi connectivity index (χ2v) is 8.66.